The number of methoxy groups -OCH3 is 2. The van der Waals surface area contributed by atoms with Gasteiger partial charge in [-0.25, -0.2) is 4.98 Å². The van der Waals surface area contributed by atoms with Crippen molar-refractivity contribution < 1.29 is 18.7 Å². The summed E-state index contributed by atoms with van der Waals surface area (Å²) in [5.74, 6) is 1.55. The molecule has 154 valence electrons. The Balaban J connectivity index is 1.79. The molecule has 0 saturated carbocycles. The summed E-state index contributed by atoms with van der Waals surface area (Å²) in [6.07, 6.45) is 1.60. The minimum absolute atomic E-state index is 0.194. The van der Waals surface area contributed by atoms with Gasteiger partial charge in [-0.3, -0.25) is 9.69 Å². The molecule has 0 atom stereocenters. The van der Waals surface area contributed by atoms with E-state index in [-0.39, 0.29) is 12.5 Å². The lowest BCUT2D eigenvalue weighted by atomic mass is 10.1. The maximum absolute atomic E-state index is 13.5. The molecule has 0 bridgehead atoms. The monoisotopic (exact) mass is 422 g/mol. The Morgan fingerprint density at radius 1 is 1.10 bits per heavy atom. The van der Waals surface area contributed by atoms with Gasteiger partial charge in [0.2, 0.25) is 0 Å². The average molecular weight is 423 g/mol. The van der Waals surface area contributed by atoms with Crippen LogP contribution in [0.15, 0.2) is 53.1 Å². The third-order valence-electron chi connectivity index (χ3n) is 4.82. The van der Waals surface area contributed by atoms with Gasteiger partial charge >= 0.3 is 0 Å². The van der Waals surface area contributed by atoms with Crippen LogP contribution in [0.25, 0.3) is 10.2 Å². The van der Waals surface area contributed by atoms with E-state index in [1.807, 2.05) is 13.0 Å². The Hall–Kier alpha value is -3.32. The van der Waals surface area contributed by atoms with E-state index in [1.54, 1.807) is 49.6 Å². The van der Waals surface area contributed by atoms with Crippen molar-refractivity contribution in [3.05, 3.63) is 71.2 Å². The molecule has 2 heterocycles. The molecule has 30 heavy (non-hydrogen) atoms. The van der Waals surface area contributed by atoms with Crippen molar-refractivity contribution in [3.63, 3.8) is 0 Å². The lowest BCUT2D eigenvalue weighted by Crippen LogP contribution is -2.30. The number of carbonyl (C=O) groups excluding carboxylic acids is 1. The van der Waals surface area contributed by atoms with E-state index < -0.39 is 0 Å². The van der Waals surface area contributed by atoms with Crippen molar-refractivity contribution >= 4 is 32.6 Å². The van der Waals surface area contributed by atoms with Crippen molar-refractivity contribution in [2.75, 3.05) is 19.1 Å². The average Bonchev–Trinajstić information content (AvgIpc) is 3.40. The number of anilines is 1. The SMILES string of the molecule is COc1ccc(C(=O)N(Cc2ccco2)c2nc3c(C)cc(C)cc3s2)cc1OC. The lowest BCUT2D eigenvalue weighted by molar-refractivity contribution is 0.0983. The maximum Gasteiger partial charge on any atom is 0.260 e. The summed E-state index contributed by atoms with van der Waals surface area (Å²) in [5.41, 5.74) is 3.64. The number of benzene rings is 2. The van der Waals surface area contributed by atoms with Gasteiger partial charge in [0.05, 0.1) is 37.2 Å². The zero-order chi connectivity index (χ0) is 21.3. The predicted molar refractivity (Wildman–Crippen MR) is 118 cm³/mol. The molecule has 7 heteroatoms. The maximum atomic E-state index is 13.5. The van der Waals surface area contributed by atoms with E-state index in [4.69, 9.17) is 18.9 Å². The van der Waals surface area contributed by atoms with Crippen molar-refractivity contribution in [3.8, 4) is 11.5 Å². The second-order valence-corrected chi connectivity index (χ2v) is 7.97. The fourth-order valence-corrected chi connectivity index (χ4v) is 4.52. The number of fused-ring (bicyclic) bond motifs is 1. The Kier molecular flexibility index (Phi) is 5.46. The minimum atomic E-state index is -0.194. The summed E-state index contributed by atoms with van der Waals surface area (Å²) in [6.45, 7) is 4.37. The fraction of sp³-hybridized carbons (Fsp3) is 0.217. The summed E-state index contributed by atoms with van der Waals surface area (Å²) < 4.78 is 17.2. The summed E-state index contributed by atoms with van der Waals surface area (Å²) in [4.78, 5) is 19.9. The van der Waals surface area contributed by atoms with E-state index in [2.05, 4.69) is 19.1 Å². The Morgan fingerprint density at radius 2 is 1.90 bits per heavy atom. The van der Waals surface area contributed by atoms with Crippen molar-refractivity contribution in [1.82, 2.24) is 4.98 Å². The van der Waals surface area contributed by atoms with Crippen LogP contribution in [-0.2, 0) is 6.54 Å². The van der Waals surface area contributed by atoms with Gasteiger partial charge in [0.15, 0.2) is 16.6 Å². The molecule has 0 radical (unpaired) electrons. The van der Waals surface area contributed by atoms with Crippen LogP contribution >= 0.6 is 11.3 Å². The van der Waals surface area contributed by atoms with Gasteiger partial charge in [0.1, 0.15) is 5.76 Å². The molecule has 1 amide bonds. The highest BCUT2D eigenvalue weighted by atomic mass is 32.1. The largest absolute Gasteiger partial charge is 0.493 e. The second kappa shape index (κ2) is 8.20. The number of thiazole rings is 1. The predicted octanol–water partition coefficient (Wildman–Crippen LogP) is 5.37. The molecule has 0 spiro atoms. The van der Waals surface area contributed by atoms with Gasteiger partial charge in [-0.15, -0.1) is 0 Å². The quantitative estimate of drug-likeness (QED) is 0.418. The molecule has 0 saturated heterocycles. The number of aryl methyl sites for hydroxylation is 2. The van der Waals surface area contributed by atoms with Crippen molar-refractivity contribution in [2.45, 2.75) is 20.4 Å². The molecule has 4 rings (SSSR count). The van der Waals surface area contributed by atoms with Gasteiger partial charge in [-0.05, 0) is 61.4 Å². The highest BCUT2D eigenvalue weighted by molar-refractivity contribution is 7.22. The number of carbonyl (C=O) groups is 1. The molecule has 0 aliphatic carbocycles. The smallest absolute Gasteiger partial charge is 0.260 e. The summed E-state index contributed by atoms with van der Waals surface area (Å²) >= 11 is 1.49. The van der Waals surface area contributed by atoms with Gasteiger partial charge in [0.25, 0.3) is 5.91 Å². The second-order valence-electron chi connectivity index (χ2n) is 6.97. The molecule has 4 aromatic rings. The first kappa shape index (κ1) is 20.0. The van der Waals surface area contributed by atoms with Crippen LogP contribution in [0.2, 0.25) is 0 Å². The first-order valence-corrected chi connectivity index (χ1v) is 10.3. The molecule has 0 fully saturated rings. The summed E-state index contributed by atoms with van der Waals surface area (Å²) in [6, 6.07) is 13.0. The van der Waals surface area contributed by atoms with Crippen LogP contribution < -0.4 is 14.4 Å². The van der Waals surface area contributed by atoms with Crippen LogP contribution in [0.5, 0.6) is 11.5 Å². The van der Waals surface area contributed by atoms with E-state index in [0.717, 1.165) is 15.8 Å². The van der Waals surface area contributed by atoms with E-state index in [0.29, 0.717) is 28.0 Å². The molecular formula is C23H22N2O4S. The normalized spacial score (nSPS) is 10.9. The van der Waals surface area contributed by atoms with Crippen molar-refractivity contribution in [1.29, 1.82) is 0 Å². The van der Waals surface area contributed by atoms with Gasteiger partial charge in [-0.2, -0.15) is 0 Å². The topological polar surface area (TPSA) is 64.8 Å². The number of hydrogen-bond donors (Lipinski definition) is 0. The van der Waals surface area contributed by atoms with E-state index >= 15 is 0 Å². The van der Waals surface area contributed by atoms with Crippen molar-refractivity contribution in [2.24, 2.45) is 0 Å². The molecule has 0 aliphatic rings. The van der Waals surface area contributed by atoms with Crippen LogP contribution in [0.4, 0.5) is 5.13 Å². The summed E-state index contributed by atoms with van der Waals surface area (Å²) in [7, 11) is 3.11. The first-order chi connectivity index (χ1) is 14.5. The molecule has 2 aromatic heterocycles. The van der Waals surface area contributed by atoms with E-state index in [1.165, 1.54) is 16.9 Å². The van der Waals surface area contributed by atoms with Crippen LogP contribution in [0, 0.1) is 13.8 Å². The van der Waals surface area contributed by atoms with E-state index in [9.17, 15) is 4.79 Å². The van der Waals surface area contributed by atoms with Crippen LogP contribution in [-0.4, -0.2) is 25.1 Å². The molecule has 0 aliphatic heterocycles. The zero-order valence-corrected chi connectivity index (χ0v) is 18.1. The van der Waals surface area contributed by atoms with Crippen LogP contribution in [0.3, 0.4) is 0 Å². The number of furan rings is 1. The van der Waals surface area contributed by atoms with Gasteiger partial charge in [0, 0.05) is 5.56 Å². The third kappa shape index (κ3) is 3.76. The molecule has 6 nitrogen and oxygen atoms in total. The highest BCUT2D eigenvalue weighted by Gasteiger charge is 2.24. The number of nitrogens with zero attached hydrogens (tertiary/aromatic N) is 2. The number of amides is 1. The Morgan fingerprint density at radius 3 is 2.60 bits per heavy atom. The first-order valence-electron chi connectivity index (χ1n) is 9.44. The molecule has 2 aromatic carbocycles. The zero-order valence-electron chi connectivity index (χ0n) is 17.3. The Labute approximate surface area is 178 Å². The highest BCUT2D eigenvalue weighted by Crippen LogP contribution is 2.34. The van der Waals surface area contributed by atoms with Crippen LogP contribution in [0.1, 0.15) is 27.2 Å². The molecule has 0 N–H and O–H groups in total. The minimum Gasteiger partial charge on any atom is -0.493 e. The standard InChI is InChI=1S/C23H22N2O4S/c1-14-10-15(2)21-20(11-14)30-23(24-21)25(13-17-6-5-9-29-17)22(26)16-7-8-18(27-3)19(12-16)28-4/h5-12H,13H2,1-4H3. The molecular weight excluding hydrogens is 400 g/mol. The number of rotatable bonds is 6. The number of aromatic nitrogens is 1. The number of ether oxygens (including phenoxy) is 2. The van der Waals surface area contributed by atoms with Gasteiger partial charge < -0.3 is 13.9 Å². The molecule has 0 unspecified atom stereocenters. The number of hydrogen-bond acceptors (Lipinski definition) is 6. The summed E-state index contributed by atoms with van der Waals surface area (Å²) in [5, 5.41) is 0.620. The Bertz CT molecular complexity index is 1200. The lowest BCUT2D eigenvalue weighted by Gasteiger charge is -2.19. The fourth-order valence-electron chi connectivity index (χ4n) is 3.38. The van der Waals surface area contributed by atoms with Gasteiger partial charge in [-0.1, -0.05) is 17.4 Å². The third-order valence-corrected chi connectivity index (χ3v) is 5.84.